The first-order valence-electron chi connectivity index (χ1n) is 6.75. The van der Waals surface area contributed by atoms with Crippen molar-refractivity contribution in [1.29, 1.82) is 0 Å². The molecule has 1 spiro atoms. The highest BCUT2D eigenvalue weighted by Crippen LogP contribution is 2.44. The number of carbonyl (C=O) groups excluding carboxylic acids is 1. The van der Waals surface area contributed by atoms with Gasteiger partial charge in [0.1, 0.15) is 0 Å². The van der Waals surface area contributed by atoms with Gasteiger partial charge in [-0.3, -0.25) is 4.79 Å². The molecule has 2 aromatic rings. The summed E-state index contributed by atoms with van der Waals surface area (Å²) < 4.78 is 11.2. The molecule has 0 atom stereocenters. The summed E-state index contributed by atoms with van der Waals surface area (Å²) in [5.74, 6) is -1.49. The van der Waals surface area contributed by atoms with Gasteiger partial charge in [-0.2, -0.15) is 0 Å². The maximum atomic E-state index is 12.2. The Hall–Kier alpha value is -1.82. The number of ether oxygens (including phenoxy) is 2. The lowest BCUT2D eigenvalue weighted by molar-refractivity contribution is -0.178. The Morgan fingerprint density at radius 1 is 1.00 bits per heavy atom. The van der Waals surface area contributed by atoms with Crippen LogP contribution in [0.3, 0.4) is 0 Å². The van der Waals surface area contributed by atoms with E-state index in [4.69, 9.17) is 9.47 Å². The molecule has 4 nitrogen and oxygen atoms in total. The molecule has 0 bridgehead atoms. The van der Waals surface area contributed by atoms with Crippen molar-refractivity contribution in [2.75, 3.05) is 18.5 Å². The van der Waals surface area contributed by atoms with Crippen molar-refractivity contribution in [1.82, 2.24) is 0 Å². The van der Waals surface area contributed by atoms with Crippen LogP contribution < -0.4 is 5.32 Å². The number of benzene rings is 2. The molecular weight excluding hydrogens is 286 g/mol. The third-order valence-electron chi connectivity index (χ3n) is 3.57. The summed E-state index contributed by atoms with van der Waals surface area (Å²) in [6.07, 6.45) is 0. The van der Waals surface area contributed by atoms with Gasteiger partial charge in [0.2, 0.25) is 0 Å². The molecule has 1 amide bonds. The van der Waals surface area contributed by atoms with Crippen LogP contribution >= 0.6 is 11.8 Å². The molecule has 0 unspecified atom stereocenters. The molecule has 4 rings (SSSR count). The summed E-state index contributed by atoms with van der Waals surface area (Å²) in [5, 5.41) is 2.82. The highest BCUT2D eigenvalue weighted by molar-refractivity contribution is 7.99. The average molecular weight is 299 g/mol. The number of amides is 1. The molecular formula is C16H13NO3S. The highest BCUT2D eigenvalue weighted by atomic mass is 32.2. The van der Waals surface area contributed by atoms with Gasteiger partial charge in [0.15, 0.2) is 0 Å². The van der Waals surface area contributed by atoms with Gasteiger partial charge in [0.25, 0.3) is 11.7 Å². The SMILES string of the molecule is O=C1Nc2ccc(Sc3ccccc3)cc2C12OCCO2. The first-order valence-corrected chi connectivity index (χ1v) is 7.56. The number of anilines is 1. The van der Waals surface area contributed by atoms with Gasteiger partial charge in [-0.25, -0.2) is 0 Å². The van der Waals surface area contributed by atoms with Crippen LogP contribution in [-0.2, 0) is 20.1 Å². The molecule has 1 N–H and O–H groups in total. The van der Waals surface area contributed by atoms with E-state index in [-0.39, 0.29) is 5.91 Å². The largest absolute Gasteiger partial charge is 0.336 e. The van der Waals surface area contributed by atoms with Crippen molar-refractivity contribution < 1.29 is 14.3 Å². The Balaban J connectivity index is 1.71. The second-order valence-corrected chi connectivity index (χ2v) is 6.04. The van der Waals surface area contributed by atoms with E-state index in [2.05, 4.69) is 17.4 Å². The van der Waals surface area contributed by atoms with E-state index in [1.807, 2.05) is 36.4 Å². The summed E-state index contributed by atoms with van der Waals surface area (Å²) >= 11 is 1.65. The predicted octanol–water partition coefficient (Wildman–Crippen LogP) is 2.99. The number of nitrogens with one attached hydrogen (secondary N) is 1. The lowest BCUT2D eigenvalue weighted by Gasteiger charge is -2.19. The molecule has 2 aliphatic rings. The van der Waals surface area contributed by atoms with Crippen LogP contribution in [0.1, 0.15) is 5.56 Å². The van der Waals surface area contributed by atoms with Crippen molar-refractivity contribution in [3.63, 3.8) is 0 Å². The van der Waals surface area contributed by atoms with Crippen molar-refractivity contribution >= 4 is 23.4 Å². The fourth-order valence-electron chi connectivity index (χ4n) is 2.62. The van der Waals surface area contributed by atoms with Crippen molar-refractivity contribution in [2.24, 2.45) is 0 Å². The Labute approximate surface area is 126 Å². The topological polar surface area (TPSA) is 47.6 Å². The Morgan fingerprint density at radius 3 is 2.52 bits per heavy atom. The molecule has 2 aliphatic heterocycles. The molecule has 2 aromatic carbocycles. The van der Waals surface area contributed by atoms with E-state index in [0.717, 1.165) is 21.0 Å². The predicted molar refractivity (Wildman–Crippen MR) is 79.2 cm³/mol. The Morgan fingerprint density at radius 2 is 1.76 bits per heavy atom. The number of carbonyl (C=O) groups is 1. The average Bonchev–Trinajstić information content (AvgIpc) is 3.09. The lowest BCUT2D eigenvalue weighted by Crippen LogP contribution is -2.35. The summed E-state index contributed by atoms with van der Waals surface area (Å²) in [5.41, 5.74) is 1.53. The second-order valence-electron chi connectivity index (χ2n) is 4.89. The maximum absolute atomic E-state index is 12.2. The fourth-order valence-corrected chi connectivity index (χ4v) is 3.50. The highest BCUT2D eigenvalue weighted by Gasteiger charge is 2.52. The number of rotatable bonds is 2. The summed E-state index contributed by atoms with van der Waals surface area (Å²) in [4.78, 5) is 14.4. The molecule has 1 saturated heterocycles. The van der Waals surface area contributed by atoms with E-state index in [9.17, 15) is 4.79 Å². The van der Waals surface area contributed by atoms with Gasteiger partial charge in [-0.1, -0.05) is 30.0 Å². The zero-order valence-electron chi connectivity index (χ0n) is 11.2. The van der Waals surface area contributed by atoms with Crippen LogP contribution in [0.15, 0.2) is 58.3 Å². The van der Waals surface area contributed by atoms with E-state index < -0.39 is 5.79 Å². The Bertz CT molecular complexity index is 696. The van der Waals surface area contributed by atoms with Crippen molar-refractivity contribution in [2.45, 2.75) is 15.6 Å². The van der Waals surface area contributed by atoms with Crippen LogP contribution in [0.2, 0.25) is 0 Å². The first-order chi connectivity index (χ1) is 10.3. The fraction of sp³-hybridized carbons (Fsp3) is 0.188. The summed E-state index contributed by atoms with van der Waals surface area (Å²) in [6.45, 7) is 0.867. The smallest absolute Gasteiger partial charge is 0.289 e. The summed E-state index contributed by atoms with van der Waals surface area (Å²) in [6, 6.07) is 16.0. The van der Waals surface area contributed by atoms with Crippen LogP contribution in [0.5, 0.6) is 0 Å². The van der Waals surface area contributed by atoms with Gasteiger partial charge in [-0.05, 0) is 30.3 Å². The van der Waals surface area contributed by atoms with Crippen LogP contribution in [0.4, 0.5) is 5.69 Å². The van der Waals surface area contributed by atoms with Gasteiger partial charge in [-0.15, -0.1) is 0 Å². The van der Waals surface area contributed by atoms with Crippen LogP contribution in [-0.4, -0.2) is 19.1 Å². The molecule has 2 heterocycles. The minimum atomic E-state index is -1.25. The van der Waals surface area contributed by atoms with E-state index in [0.29, 0.717) is 13.2 Å². The van der Waals surface area contributed by atoms with Gasteiger partial charge >= 0.3 is 0 Å². The second kappa shape index (κ2) is 4.87. The molecule has 1 fully saturated rings. The van der Waals surface area contributed by atoms with Crippen LogP contribution in [0, 0.1) is 0 Å². The lowest BCUT2D eigenvalue weighted by atomic mass is 10.1. The minimum absolute atomic E-state index is 0.239. The molecule has 0 aromatic heterocycles. The molecule has 5 heteroatoms. The van der Waals surface area contributed by atoms with E-state index in [1.165, 1.54) is 0 Å². The molecule has 0 saturated carbocycles. The van der Waals surface area contributed by atoms with Crippen molar-refractivity contribution in [3.8, 4) is 0 Å². The minimum Gasteiger partial charge on any atom is -0.336 e. The number of hydrogen-bond acceptors (Lipinski definition) is 4. The third kappa shape index (κ3) is 2.05. The summed E-state index contributed by atoms with van der Waals surface area (Å²) in [7, 11) is 0. The van der Waals surface area contributed by atoms with E-state index in [1.54, 1.807) is 11.8 Å². The zero-order chi connectivity index (χ0) is 14.3. The molecule has 21 heavy (non-hydrogen) atoms. The molecule has 0 radical (unpaired) electrons. The monoisotopic (exact) mass is 299 g/mol. The number of hydrogen-bond donors (Lipinski definition) is 1. The standard InChI is InChI=1S/C16H13NO3S/c18-15-16(19-8-9-20-16)13-10-12(6-7-14(13)17-15)21-11-4-2-1-3-5-11/h1-7,10H,8-9H2,(H,17,18). The number of fused-ring (bicyclic) bond motifs is 2. The third-order valence-corrected chi connectivity index (χ3v) is 4.56. The Kier molecular flexibility index (Phi) is 2.99. The normalized spacial score (nSPS) is 18.8. The van der Waals surface area contributed by atoms with Crippen LogP contribution in [0.25, 0.3) is 0 Å². The molecule has 106 valence electrons. The van der Waals surface area contributed by atoms with Gasteiger partial charge < -0.3 is 14.8 Å². The van der Waals surface area contributed by atoms with E-state index >= 15 is 0 Å². The maximum Gasteiger partial charge on any atom is 0.289 e. The zero-order valence-corrected chi connectivity index (χ0v) is 12.0. The van der Waals surface area contributed by atoms with Crippen molar-refractivity contribution in [3.05, 3.63) is 54.1 Å². The van der Waals surface area contributed by atoms with Gasteiger partial charge in [0.05, 0.1) is 18.9 Å². The molecule has 0 aliphatic carbocycles. The quantitative estimate of drug-likeness (QED) is 0.926. The first kappa shape index (κ1) is 12.9. The van der Waals surface area contributed by atoms with Gasteiger partial charge in [0, 0.05) is 15.4 Å².